The van der Waals surface area contributed by atoms with Crippen LogP contribution >= 0.6 is 11.6 Å². The summed E-state index contributed by atoms with van der Waals surface area (Å²) in [6.45, 7) is 5.14. The number of carboxylic acids is 1. The van der Waals surface area contributed by atoms with Crippen LogP contribution in [0.5, 0.6) is 0 Å². The Labute approximate surface area is 110 Å². The van der Waals surface area contributed by atoms with Gasteiger partial charge in [-0.05, 0) is 24.6 Å². The smallest absolute Gasteiger partial charge is 0.323 e. The Morgan fingerprint density at radius 1 is 1.50 bits per heavy atom. The van der Waals surface area contributed by atoms with Crippen molar-refractivity contribution < 1.29 is 14.7 Å². The fraction of sp³-hybridized carbons (Fsp3) is 0.231. The molecule has 0 heterocycles. The van der Waals surface area contributed by atoms with Crippen LogP contribution in [0.3, 0.4) is 0 Å². The minimum Gasteiger partial charge on any atom is -0.480 e. The third kappa shape index (κ3) is 3.60. The van der Waals surface area contributed by atoms with E-state index in [1.54, 1.807) is 12.1 Å². The molecule has 0 atom stereocenters. The molecule has 0 saturated carbocycles. The van der Waals surface area contributed by atoms with Crippen molar-refractivity contribution in [1.82, 2.24) is 4.90 Å². The molecule has 0 saturated heterocycles. The highest BCUT2D eigenvalue weighted by Crippen LogP contribution is 2.17. The van der Waals surface area contributed by atoms with Crippen LogP contribution in [0.25, 0.3) is 0 Å². The SMILES string of the molecule is C=CCN(CC(=O)O)C(=O)c1ccc(C)c(Cl)c1. The van der Waals surface area contributed by atoms with Crippen LogP contribution in [0, 0.1) is 6.92 Å². The number of amides is 1. The number of nitrogens with zero attached hydrogens (tertiary/aromatic N) is 1. The molecule has 0 aromatic heterocycles. The van der Waals surface area contributed by atoms with Gasteiger partial charge in [-0.3, -0.25) is 9.59 Å². The summed E-state index contributed by atoms with van der Waals surface area (Å²) in [5.74, 6) is -1.44. The van der Waals surface area contributed by atoms with E-state index >= 15 is 0 Å². The lowest BCUT2D eigenvalue weighted by Crippen LogP contribution is -2.35. The maximum Gasteiger partial charge on any atom is 0.323 e. The molecular weight excluding hydrogens is 254 g/mol. The lowest BCUT2D eigenvalue weighted by atomic mass is 10.1. The van der Waals surface area contributed by atoms with Crippen LogP contribution in [0.4, 0.5) is 0 Å². The van der Waals surface area contributed by atoms with Gasteiger partial charge in [-0.25, -0.2) is 0 Å². The average Bonchev–Trinajstić information content (AvgIpc) is 2.31. The first-order chi connectivity index (χ1) is 8.45. The minimum absolute atomic E-state index is 0.177. The first kappa shape index (κ1) is 14.3. The van der Waals surface area contributed by atoms with Crippen molar-refractivity contribution in [2.45, 2.75) is 6.92 Å². The van der Waals surface area contributed by atoms with Crippen LogP contribution in [-0.2, 0) is 4.79 Å². The molecule has 0 unspecified atom stereocenters. The summed E-state index contributed by atoms with van der Waals surface area (Å²) in [4.78, 5) is 24.0. The van der Waals surface area contributed by atoms with Gasteiger partial charge in [0.1, 0.15) is 6.54 Å². The number of carbonyl (C=O) groups is 2. The molecule has 0 aliphatic carbocycles. The van der Waals surface area contributed by atoms with Gasteiger partial charge < -0.3 is 10.0 Å². The van der Waals surface area contributed by atoms with Gasteiger partial charge in [0.25, 0.3) is 5.91 Å². The summed E-state index contributed by atoms with van der Waals surface area (Å²) in [6.07, 6.45) is 1.48. The molecule has 1 N–H and O–H groups in total. The molecular formula is C13H14ClNO3. The Morgan fingerprint density at radius 2 is 2.17 bits per heavy atom. The molecule has 0 aliphatic rings. The van der Waals surface area contributed by atoms with Crippen LogP contribution in [0.15, 0.2) is 30.9 Å². The molecule has 4 nitrogen and oxygen atoms in total. The Morgan fingerprint density at radius 3 is 2.67 bits per heavy atom. The zero-order valence-corrected chi connectivity index (χ0v) is 10.8. The minimum atomic E-state index is -1.07. The fourth-order valence-corrected chi connectivity index (χ4v) is 1.63. The molecule has 0 fully saturated rings. The summed E-state index contributed by atoms with van der Waals surface area (Å²) in [7, 11) is 0. The van der Waals surface area contributed by atoms with E-state index in [2.05, 4.69) is 6.58 Å². The number of aryl methyl sites for hydroxylation is 1. The van der Waals surface area contributed by atoms with E-state index in [0.717, 1.165) is 5.56 Å². The lowest BCUT2D eigenvalue weighted by molar-refractivity contribution is -0.137. The molecule has 18 heavy (non-hydrogen) atoms. The fourth-order valence-electron chi connectivity index (χ4n) is 1.45. The third-order valence-corrected chi connectivity index (χ3v) is 2.79. The number of aliphatic carboxylic acids is 1. The van der Waals surface area contributed by atoms with E-state index in [9.17, 15) is 9.59 Å². The lowest BCUT2D eigenvalue weighted by Gasteiger charge is -2.19. The summed E-state index contributed by atoms with van der Waals surface area (Å²) >= 11 is 5.94. The summed E-state index contributed by atoms with van der Waals surface area (Å²) in [5, 5.41) is 9.23. The first-order valence-corrected chi connectivity index (χ1v) is 5.71. The molecule has 5 heteroatoms. The topological polar surface area (TPSA) is 57.6 Å². The van der Waals surface area contributed by atoms with Crippen molar-refractivity contribution in [2.75, 3.05) is 13.1 Å². The zero-order chi connectivity index (χ0) is 13.7. The van der Waals surface area contributed by atoms with Crippen LogP contribution in [-0.4, -0.2) is 35.0 Å². The van der Waals surface area contributed by atoms with E-state index < -0.39 is 5.97 Å². The van der Waals surface area contributed by atoms with Gasteiger partial charge in [0, 0.05) is 17.1 Å². The summed E-state index contributed by atoms with van der Waals surface area (Å²) in [6, 6.07) is 4.89. The van der Waals surface area contributed by atoms with Crippen molar-refractivity contribution in [2.24, 2.45) is 0 Å². The van der Waals surface area contributed by atoms with E-state index in [0.29, 0.717) is 10.6 Å². The number of halogens is 1. The predicted octanol–water partition coefficient (Wildman–Crippen LogP) is 2.36. The maximum atomic E-state index is 12.1. The number of hydrogen-bond donors (Lipinski definition) is 1. The van der Waals surface area contributed by atoms with Gasteiger partial charge >= 0.3 is 5.97 Å². The second kappa shape index (κ2) is 6.21. The van der Waals surface area contributed by atoms with Gasteiger partial charge in [0.05, 0.1) is 0 Å². The number of hydrogen-bond acceptors (Lipinski definition) is 2. The number of rotatable bonds is 5. The van der Waals surface area contributed by atoms with Crippen LogP contribution in [0.1, 0.15) is 15.9 Å². The second-order valence-corrected chi connectivity index (χ2v) is 4.24. The monoisotopic (exact) mass is 267 g/mol. The largest absolute Gasteiger partial charge is 0.480 e. The third-order valence-electron chi connectivity index (χ3n) is 2.38. The number of benzene rings is 1. The van der Waals surface area contributed by atoms with Crippen molar-refractivity contribution in [1.29, 1.82) is 0 Å². The van der Waals surface area contributed by atoms with Gasteiger partial charge in [0.15, 0.2) is 0 Å². The second-order valence-electron chi connectivity index (χ2n) is 3.83. The average molecular weight is 268 g/mol. The van der Waals surface area contributed by atoms with Gasteiger partial charge in [0.2, 0.25) is 0 Å². The Kier molecular flexibility index (Phi) is 4.92. The molecule has 0 aliphatic heterocycles. The van der Waals surface area contributed by atoms with Crippen molar-refractivity contribution in [3.05, 3.63) is 47.0 Å². The highest BCUT2D eigenvalue weighted by Gasteiger charge is 2.17. The van der Waals surface area contributed by atoms with E-state index in [4.69, 9.17) is 16.7 Å². The summed E-state index contributed by atoms with van der Waals surface area (Å²) in [5.41, 5.74) is 1.23. The summed E-state index contributed by atoms with van der Waals surface area (Å²) < 4.78 is 0. The molecule has 96 valence electrons. The zero-order valence-electron chi connectivity index (χ0n) is 10.0. The maximum absolute atomic E-state index is 12.1. The number of carbonyl (C=O) groups excluding carboxylic acids is 1. The van der Waals surface area contributed by atoms with E-state index in [1.807, 2.05) is 6.92 Å². The Bertz CT molecular complexity index is 485. The van der Waals surface area contributed by atoms with Crippen LogP contribution in [0.2, 0.25) is 5.02 Å². The molecule has 0 radical (unpaired) electrons. The standard InChI is InChI=1S/C13H14ClNO3/c1-3-6-15(8-12(16)17)13(18)10-5-4-9(2)11(14)7-10/h3-5,7H,1,6,8H2,2H3,(H,16,17). The Balaban J connectivity index is 2.97. The van der Waals surface area contributed by atoms with Crippen molar-refractivity contribution in [3.8, 4) is 0 Å². The van der Waals surface area contributed by atoms with Crippen molar-refractivity contribution >= 4 is 23.5 Å². The quantitative estimate of drug-likeness (QED) is 0.833. The number of carboxylic acid groups (broad SMARTS) is 1. The molecule has 1 amide bonds. The molecule has 1 aromatic rings. The molecule has 0 bridgehead atoms. The predicted molar refractivity (Wildman–Crippen MR) is 69.9 cm³/mol. The highest BCUT2D eigenvalue weighted by atomic mass is 35.5. The van der Waals surface area contributed by atoms with E-state index in [-0.39, 0.29) is 19.0 Å². The Hall–Kier alpha value is -1.81. The highest BCUT2D eigenvalue weighted by molar-refractivity contribution is 6.31. The normalized spacial score (nSPS) is 9.89. The van der Waals surface area contributed by atoms with Crippen molar-refractivity contribution in [3.63, 3.8) is 0 Å². The molecule has 1 rings (SSSR count). The first-order valence-electron chi connectivity index (χ1n) is 5.33. The van der Waals surface area contributed by atoms with E-state index in [1.165, 1.54) is 17.0 Å². The van der Waals surface area contributed by atoms with Gasteiger partial charge in [-0.2, -0.15) is 0 Å². The van der Waals surface area contributed by atoms with Gasteiger partial charge in [-0.1, -0.05) is 23.7 Å². The molecule has 0 spiro atoms. The van der Waals surface area contributed by atoms with Crippen LogP contribution < -0.4 is 0 Å². The molecule has 1 aromatic carbocycles. The van der Waals surface area contributed by atoms with Gasteiger partial charge in [-0.15, -0.1) is 6.58 Å².